The lowest BCUT2D eigenvalue weighted by molar-refractivity contribution is 0.571. The van der Waals surface area contributed by atoms with Gasteiger partial charge in [0, 0.05) is 24.2 Å². The molecule has 3 heterocycles. The van der Waals surface area contributed by atoms with E-state index in [4.69, 9.17) is 0 Å². The number of nitrogens with zero attached hydrogens (tertiary/aromatic N) is 3. The van der Waals surface area contributed by atoms with Gasteiger partial charge in [-0.2, -0.15) is 0 Å². The maximum Gasteiger partial charge on any atom is 0.168 e. The molecule has 1 N–H and O–H groups in total. The number of hydrogen-bond acceptors (Lipinski definition) is 4. The third-order valence-electron chi connectivity index (χ3n) is 2.83. The van der Waals surface area contributed by atoms with Gasteiger partial charge in [0.05, 0.1) is 24.8 Å². The van der Waals surface area contributed by atoms with E-state index in [2.05, 4.69) is 15.3 Å². The van der Waals surface area contributed by atoms with Gasteiger partial charge in [0.1, 0.15) is 5.69 Å². The number of rotatable bonds is 2. The Balaban J connectivity index is 2.05. The van der Waals surface area contributed by atoms with Crippen molar-refractivity contribution in [2.45, 2.75) is 0 Å². The van der Waals surface area contributed by atoms with Crippen molar-refractivity contribution in [2.75, 3.05) is 11.6 Å². The predicted octanol–water partition coefficient (Wildman–Crippen LogP) is 2.12. The largest absolute Gasteiger partial charge is 0.372 e. The van der Waals surface area contributed by atoms with Gasteiger partial charge in [-0.25, -0.2) is 8.78 Å². The van der Waals surface area contributed by atoms with Crippen LogP contribution in [0.1, 0.15) is 5.56 Å². The summed E-state index contributed by atoms with van der Waals surface area (Å²) in [5.41, 5.74) is 1.33. The van der Waals surface area contributed by atoms with Crippen molar-refractivity contribution in [1.29, 1.82) is 0 Å². The molecule has 4 nitrogen and oxygen atoms in total. The van der Waals surface area contributed by atoms with Crippen LogP contribution in [0.2, 0.25) is 0 Å². The molecular weight excluding hydrogens is 250 g/mol. The highest BCUT2D eigenvalue weighted by molar-refractivity contribution is 5.80. The highest BCUT2D eigenvalue weighted by Crippen LogP contribution is 2.31. The Hall–Kier alpha value is -2.50. The van der Waals surface area contributed by atoms with Crippen LogP contribution in [0.5, 0.6) is 0 Å². The Morgan fingerprint density at radius 3 is 2.58 bits per heavy atom. The van der Waals surface area contributed by atoms with Gasteiger partial charge in [0.15, 0.2) is 11.6 Å². The van der Waals surface area contributed by atoms with E-state index in [1.54, 1.807) is 24.7 Å². The first kappa shape index (κ1) is 11.6. The Morgan fingerprint density at radius 2 is 1.89 bits per heavy atom. The standard InChI is InChI=1S/C13H10F2N4/c14-10-5-17-6-11(15)13(10)19-8-18-7-12(19)9-2-1-3-16-4-9/h1-7,18H,8H2. The third-order valence-corrected chi connectivity index (χ3v) is 2.83. The van der Waals surface area contributed by atoms with Crippen LogP contribution in [-0.4, -0.2) is 16.6 Å². The Kier molecular flexibility index (Phi) is 2.83. The number of nitrogens with one attached hydrogen (secondary N) is 1. The summed E-state index contributed by atoms with van der Waals surface area (Å²) in [7, 11) is 0. The lowest BCUT2D eigenvalue weighted by atomic mass is 10.2. The summed E-state index contributed by atoms with van der Waals surface area (Å²) in [6, 6.07) is 3.60. The average molecular weight is 260 g/mol. The zero-order chi connectivity index (χ0) is 13.2. The fraction of sp³-hybridized carbons (Fsp3) is 0.0769. The maximum atomic E-state index is 13.8. The second-order valence-corrected chi connectivity index (χ2v) is 4.01. The highest BCUT2D eigenvalue weighted by atomic mass is 19.1. The molecule has 1 aliphatic heterocycles. The van der Waals surface area contributed by atoms with E-state index in [1.165, 1.54) is 4.90 Å². The van der Waals surface area contributed by atoms with E-state index < -0.39 is 11.6 Å². The fourth-order valence-corrected chi connectivity index (χ4v) is 2.01. The zero-order valence-corrected chi connectivity index (χ0v) is 9.85. The van der Waals surface area contributed by atoms with Crippen LogP contribution < -0.4 is 10.2 Å². The molecule has 2 aromatic heterocycles. The van der Waals surface area contributed by atoms with Crippen LogP contribution in [0, 0.1) is 11.6 Å². The van der Waals surface area contributed by atoms with Crippen molar-refractivity contribution in [1.82, 2.24) is 15.3 Å². The molecule has 0 unspecified atom stereocenters. The number of hydrogen-bond donors (Lipinski definition) is 1. The summed E-state index contributed by atoms with van der Waals surface area (Å²) in [5, 5.41) is 2.96. The lowest BCUT2D eigenvalue weighted by Gasteiger charge is -2.22. The quantitative estimate of drug-likeness (QED) is 0.898. The molecule has 3 rings (SSSR count). The highest BCUT2D eigenvalue weighted by Gasteiger charge is 2.24. The Labute approximate surface area is 108 Å². The van der Waals surface area contributed by atoms with Gasteiger partial charge >= 0.3 is 0 Å². The number of halogens is 2. The average Bonchev–Trinajstić information content (AvgIpc) is 2.89. The van der Waals surface area contributed by atoms with Crippen LogP contribution >= 0.6 is 0 Å². The summed E-state index contributed by atoms with van der Waals surface area (Å²) >= 11 is 0. The minimum Gasteiger partial charge on any atom is -0.372 e. The van der Waals surface area contributed by atoms with E-state index in [1.807, 2.05) is 6.07 Å². The molecule has 0 atom stereocenters. The van der Waals surface area contributed by atoms with Crippen LogP contribution in [0.3, 0.4) is 0 Å². The van der Waals surface area contributed by atoms with Gasteiger partial charge in [-0.1, -0.05) is 0 Å². The summed E-state index contributed by atoms with van der Waals surface area (Å²) in [6.07, 6.45) is 6.98. The first-order chi connectivity index (χ1) is 9.27. The molecule has 2 aromatic rings. The molecule has 0 radical (unpaired) electrons. The van der Waals surface area contributed by atoms with Crippen LogP contribution in [0.4, 0.5) is 14.5 Å². The minimum atomic E-state index is -0.696. The smallest absolute Gasteiger partial charge is 0.168 e. The second-order valence-electron chi connectivity index (χ2n) is 4.01. The monoisotopic (exact) mass is 260 g/mol. The minimum absolute atomic E-state index is 0.116. The number of aromatic nitrogens is 2. The SMILES string of the molecule is Fc1cncc(F)c1N1CNC=C1c1cccnc1. The Morgan fingerprint density at radius 1 is 1.11 bits per heavy atom. The first-order valence-electron chi connectivity index (χ1n) is 5.68. The van der Waals surface area contributed by atoms with Gasteiger partial charge in [0.2, 0.25) is 0 Å². The molecular formula is C13H10F2N4. The van der Waals surface area contributed by atoms with Crippen LogP contribution in [-0.2, 0) is 0 Å². The van der Waals surface area contributed by atoms with Crippen molar-refractivity contribution < 1.29 is 8.78 Å². The maximum absolute atomic E-state index is 13.8. The van der Waals surface area contributed by atoms with Gasteiger partial charge in [-0.15, -0.1) is 0 Å². The van der Waals surface area contributed by atoms with Crippen molar-refractivity contribution >= 4 is 11.4 Å². The molecule has 96 valence electrons. The van der Waals surface area contributed by atoms with Crippen LogP contribution in [0.15, 0.2) is 43.1 Å². The van der Waals surface area contributed by atoms with Crippen molar-refractivity contribution in [2.24, 2.45) is 0 Å². The summed E-state index contributed by atoms with van der Waals surface area (Å²) in [5.74, 6) is -1.39. The molecule has 0 amide bonds. The van der Waals surface area contributed by atoms with E-state index in [0.29, 0.717) is 12.4 Å². The normalized spacial score (nSPS) is 14.2. The third kappa shape index (κ3) is 2.01. The summed E-state index contributed by atoms with van der Waals surface area (Å²) < 4.78 is 27.6. The number of pyridine rings is 2. The van der Waals surface area contributed by atoms with E-state index in [9.17, 15) is 8.78 Å². The van der Waals surface area contributed by atoms with Gasteiger partial charge in [-0.05, 0) is 12.1 Å². The first-order valence-corrected chi connectivity index (χ1v) is 5.68. The van der Waals surface area contributed by atoms with Crippen molar-refractivity contribution in [3.63, 3.8) is 0 Å². The molecule has 0 spiro atoms. The molecule has 1 aliphatic rings. The summed E-state index contributed by atoms with van der Waals surface area (Å²) in [6.45, 7) is 0.294. The number of anilines is 1. The van der Waals surface area contributed by atoms with Gasteiger partial charge in [-0.3, -0.25) is 9.97 Å². The molecule has 0 aliphatic carbocycles. The van der Waals surface area contributed by atoms with Crippen LogP contribution in [0.25, 0.3) is 5.70 Å². The molecule has 6 heteroatoms. The summed E-state index contributed by atoms with van der Waals surface area (Å²) in [4.78, 5) is 9.01. The van der Waals surface area contributed by atoms with Crippen molar-refractivity contribution in [3.05, 3.63) is 60.3 Å². The second kappa shape index (κ2) is 4.64. The topological polar surface area (TPSA) is 41.1 Å². The molecule has 19 heavy (non-hydrogen) atoms. The predicted molar refractivity (Wildman–Crippen MR) is 66.8 cm³/mol. The van der Waals surface area contributed by atoms with E-state index >= 15 is 0 Å². The van der Waals surface area contributed by atoms with E-state index in [0.717, 1.165) is 18.0 Å². The Bertz CT molecular complexity index is 608. The van der Waals surface area contributed by atoms with Gasteiger partial charge in [0.25, 0.3) is 0 Å². The molecule has 0 bridgehead atoms. The fourth-order valence-electron chi connectivity index (χ4n) is 2.01. The molecule has 0 fully saturated rings. The van der Waals surface area contributed by atoms with Gasteiger partial charge < -0.3 is 10.2 Å². The zero-order valence-electron chi connectivity index (χ0n) is 9.85. The molecule has 0 saturated carbocycles. The van der Waals surface area contributed by atoms with Crippen molar-refractivity contribution in [3.8, 4) is 0 Å². The molecule has 0 aromatic carbocycles. The van der Waals surface area contributed by atoms with E-state index in [-0.39, 0.29) is 5.69 Å². The molecule has 0 saturated heterocycles. The lowest BCUT2D eigenvalue weighted by Crippen LogP contribution is -2.24.